The molecule has 4 nitrogen and oxygen atoms in total. The van der Waals surface area contributed by atoms with E-state index in [2.05, 4.69) is 64.4 Å². The van der Waals surface area contributed by atoms with Gasteiger partial charge in [-0.05, 0) is 73.1 Å². The largest absolute Gasteiger partial charge is 0.694 e. The molecule has 0 radical (unpaired) electrons. The number of rotatable bonds is 14. The van der Waals surface area contributed by atoms with Crippen molar-refractivity contribution in [1.82, 2.24) is 5.32 Å². The van der Waals surface area contributed by atoms with E-state index < -0.39 is 8.25 Å². The molecule has 1 atom stereocenters. The van der Waals surface area contributed by atoms with Crippen molar-refractivity contribution in [3.8, 4) is 0 Å². The second kappa shape index (κ2) is 14.1. The minimum Gasteiger partial charge on any atom is -0.313 e. The number of benzene rings is 2. The highest BCUT2D eigenvalue weighted by molar-refractivity contribution is 7.99. The van der Waals surface area contributed by atoms with Crippen LogP contribution in [0.25, 0.3) is 0 Å². The van der Waals surface area contributed by atoms with Crippen LogP contribution >= 0.6 is 20.0 Å². The van der Waals surface area contributed by atoms with Crippen molar-refractivity contribution in [1.29, 1.82) is 0 Å². The van der Waals surface area contributed by atoms with Gasteiger partial charge in [-0.25, -0.2) is 0 Å². The van der Waals surface area contributed by atoms with Crippen LogP contribution in [0, 0.1) is 0 Å². The Morgan fingerprint density at radius 3 is 2.44 bits per heavy atom. The molecule has 32 heavy (non-hydrogen) atoms. The van der Waals surface area contributed by atoms with Gasteiger partial charge in [0.15, 0.2) is 0 Å². The lowest BCUT2D eigenvalue weighted by atomic mass is 9.67. The van der Waals surface area contributed by atoms with Crippen LogP contribution in [0.3, 0.4) is 0 Å². The minimum absolute atomic E-state index is 0.306. The zero-order chi connectivity index (χ0) is 22.5. The van der Waals surface area contributed by atoms with Crippen LogP contribution in [0.4, 0.5) is 0 Å². The third kappa shape index (κ3) is 8.61. The minimum atomic E-state index is -2.47. The average Bonchev–Trinajstić information content (AvgIpc) is 2.83. The third-order valence-electron chi connectivity index (χ3n) is 6.47. The molecule has 0 amide bonds. The van der Waals surface area contributed by atoms with Gasteiger partial charge < -0.3 is 5.32 Å². The zero-order valence-electron chi connectivity index (χ0n) is 19.0. The zero-order valence-corrected chi connectivity index (χ0v) is 20.7. The van der Waals surface area contributed by atoms with Crippen LogP contribution in [0.15, 0.2) is 59.5 Å². The molecule has 1 aliphatic rings. The highest BCUT2D eigenvalue weighted by Gasteiger charge is 2.32. The quantitative estimate of drug-likeness (QED) is 0.175. The fraction of sp³-hybridized carbons (Fsp3) is 0.538. The number of unbranched alkanes of at least 4 members (excludes halogenated alkanes) is 1. The lowest BCUT2D eigenvalue weighted by Gasteiger charge is -2.38. The maximum atomic E-state index is 10.4. The molecule has 0 heterocycles. The first-order chi connectivity index (χ1) is 15.7. The van der Waals surface area contributed by atoms with Gasteiger partial charge in [0, 0.05) is 16.0 Å². The molecule has 174 valence electrons. The van der Waals surface area contributed by atoms with Gasteiger partial charge in [0.25, 0.3) is 0 Å². The van der Waals surface area contributed by atoms with E-state index in [0.29, 0.717) is 12.0 Å². The summed E-state index contributed by atoms with van der Waals surface area (Å²) in [5.74, 6) is 1.18. The Balaban J connectivity index is 1.33. The average molecular weight is 475 g/mol. The second-order valence-electron chi connectivity index (χ2n) is 8.76. The predicted octanol–water partition coefficient (Wildman–Crippen LogP) is 7.00. The summed E-state index contributed by atoms with van der Waals surface area (Å²) in [6.07, 6.45) is 11.5. The molecule has 0 bridgehead atoms. The van der Waals surface area contributed by atoms with E-state index in [1.165, 1.54) is 67.6 Å². The molecule has 1 aliphatic carbocycles. The first-order valence-electron chi connectivity index (χ1n) is 11.9. The van der Waals surface area contributed by atoms with Gasteiger partial charge in [0.1, 0.15) is 6.61 Å². The molecule has 0 aromatic heterocycles. The molecule has 2 N–H and O–H groups in total. The Labute approximate surface area is 198 Å². The van der Waals surface area contributed by atoms with Crippen molar-refractivity contribution in [2.75, 3.05) is 18.9 Å². The summed E-state index contributed by atoms with van der Waals surface area (Å²) >= 11 is 1.96. The van der Waals surface area contributed by atoms with Gasteiger partial charge in [-0.2, -0.15) is 0 Å². The molecule has 0 aliphatic heterocycles. The summed E-state index contributed by atoms with van der Waals surface area (Å²) in [5, 5.41) is 3.34. The highest BCUT2D eigenvalue weighted by Crippen LogP contribution is 2.43. The molecule has 0 saturated heterocycles. The molecule has 1 saturated carbocycles. The Kier molecular flexibility index (Phi) is 11.2. The van der Waals surface area contributed by atoms with Crippen LogP contribution in [-0.2, 0) is 21.0 Å². The van der Waals surface area contributed by atoms with E-state index in [4.69, 9.17) is 4.89 Å². The van der Waals surface area contributed by atoms with Crippen LogP contribution in [0.5, 0.6) is 0 Å². The lowest BCUT2D eigenvalue weighted by molar-refractivity contribution is 0.268. The Morgan fingerprint density at radius 1 is 0.969 bits per heavy atom. The van der Waals surface area contributed by atoms with E-state index in [-0.39, 0.29) is 0 Å². The monoisotopic (exact) mass is 474 g/mol. The SMILES string of the molecule is O=[P+](O)OCCCNCc1ccc(SCCCCC2(c3ccccc3)CCCCC2)cc1. The number of thioether (sulfide) groups is 1. The third-order valence-corrected chi connectivity index (χ3v) is 7.97. The molecule has 6 heteroatoms. The Morgan fingerprint density at radius 2 is 1.72 bits per heavy atom. The first-order valence-corrected chi connectivity index (χ1v) is 14.1. The van der Waals surface area contributed by atoms with Crippen LogP contribution in [-0.4, -0.2) is 23.8 Å². The van der Waals surface area contributed by atoms with Gasteiger partial charge in [0.2, 0.25) is 0 Å². The van der Waals surface area contributed by atoms with Crippen molar-refractivity contribution in [2.45, 2.75) is 74.6 Å². The fourth-order valence-electron chi connectivity index (χ4n) is 4.73. The van der Waals surface area contributed by atoms with Crippen molar-refractivity contribution in [2.24, 2.45) is 0 Å². The van der Waals surface area contributed by atoms with E-state index >= 15 is 0 Å². The molecule has 2 aromatic carbocycles. The summed E-state index contributed by atoms with van der Waals surface area (Å²) in [6.45, 7) is 1.88. The fourth-order valence-corrected chi connectivity index (χ4v) is 5.93. The van der Waals surface area contributed by atoms with Crippen molar-refractivity contribution >= 4 is 20.0 Å². The molecule has 2 aromatic rings. The number of hydrogen-bond acceptors (Lipinski definition) is 4. The van der Waals surface area contributed by atoms with Gasteiger partial charge in [-0.1, -0.05) is 68.1 Å². The molecule has 1 unspecified atom stereocenters. The lowest BCUT2D eigenvalue weighted by Crippen LogP contribution is -2.29. The topological polar surface area (TPSA) is 58.6 Å². The molecule has 3 rings (SSSR count). The van der Waals surface area contributed by atoms with Crippen molar-refractivity contribution < 1.29 is 14.0 Å². The van der Waals surface area contributed by atoms with E-state index in [0.717, 1.165) is 19.5 Å². The highest BCUT2D eigenvalue weighted by atomic mass is 32.2. The molecule has 0 spiro atoms. The molecular formula is C26H37NO3PS+. The van der Waals surface area contributed by atoms with Gasteiger partial charge >= 0.3 is 8.25 Å². The van der Waals surface area contributed by atoms with Gasteiger partial charge in [-0.3, -0.25) is 0 Å². The molecule has 1 fully saturated rings. The smallest absolute Gasteiger partial charge is 0.313 e. The van der Waals surface area contributed by atoms with Gasteiger partial charge in [0.05, 0.1) is 0 Å². The standard InChI is InChI=1S/C26H36NO3PS/c28-31(29)30-20-9-19-27-22-23-12-14-25(15-13-23)32-21-8-7-18-26(16-5-2-6-17-26)24-10-3-1-4-11-24/h1,3-4,10-15,27H,2,5-9,16-22H2/p+1. The maximum absolute atomic E-state index is 10.4. The summed E-state index contributed by atoms with van der Waals surface area (Å²) in [7, 11) is -2.47. The number of nitrogens with one attached hydrogen (secondary N) is 1. The summed E-state index contributed by atoms with van der Waals surface area (Å²) in [5.41, 5.74) is 3.24. The van der Waals surface area contributed by atoms with Crippen LogP contribution in [0.2, 0.25) is 0 Å². The van der Waals surface area contributed by atoms with Crippen LogP contribution in [0.1, 0.15) is 68.9 Å². The van der Waals surface area contributed by atoms with Crippen molar-refractivity contribution in [3.05, 3.63) is 65.7 Å². The van der Waals surface area contributed by atoms with E-state index in [1.807, 2.05) is 11.8 Å². The van der Waals surface area contributed by atoms with E-state index in [9.17, 15) is 4.57 Å². The summed E-state index contributed by atoms with van der Waals surface area (Å²) < 4.78 is 15.1. The maximum Gasteiger partial charge on any atom is 0.694 e. The normalized spacial score (nSPS) is 16.1. The van der Waals surface area contributed by atoms with E-state index in [1.54, 1.807) is 5.56 Å². The first kappa shape index (κ1) is 25.4. The van der Waals surface area contributed by atoms with Gasteiger partial charge in [-0.15, -0.1) is 21.2 Å². The summed E-state index contributed by atoms with van der Waals surface area (Å²) in [4.78, 5) is 9.92. The van der Waals surface area contributed by atoms with Crippen LogP contribution < -0.4 is 5.32 Å². The van der Waals surface area contributed by atoms with Crippen molar-refractivity contribution in [3.63, 3.8) is 0 Å². The Bertz CT molecular complexity index is 794. The number of hydrogen-bond donors (Lipinski definition) is 2. The summed E-state index contributed by atoms with van der Waals surface area (Å²) in [6, 6.07) is 20.0. The predicted molar refractivity (Wildman–Crippen MR) is 134 cm³/mol. The second-order valence-corrected chi connectivity index (χ2v) is 10.7. The Hall–Kier alpha value is -1.23. The molecular weight excluding hydrogens is 437 g/mol.